The molecule has 0 N–H and O–H groups in total. The molecule has 1 aliphatic heterocycles. The van der Waals surface area contributed by atoms with Crippen molar-refractivity contribution in [1.29, 1.82) is 0 Å². The molecule has 1 saturated heterocycles. The molecule has 196 valence electrons. The summed E-state index contributed by atoms with van der Waals surface area (Å²) in [5, 5.41) is -0.0975. The molecule has 0 radical (unpaired) electrons. The molecule has 0 saturated carbocycles. The fourth-order valence-corrected chi connectivity index (χ4v) is 5.04. The first-order valence-corrected chi connectivity index (χ1v) is 12.3. The number of aromatic nitrogens is 1. The molecular formula is C25H19BrClF5N2O3. The van der Waals surface area contributed by atoms with Crippen LogP contribution in [0.15, 0.2) is 47.1 Å². The molecule has 0 aliphatic carbocycles. The third-order valence-corrected chi connectivity index (χ3v) is 7.05. The Balaban J connectivity index is 1.55. The molecule has 0 bridgehead atoms. The Morgan fingerprint density at radius 1 is 1.14 bits per heavy atom. The van der Waals surface area contributed by atoms with E-state index in [0.717, 1.165) is 11.1 Å². The van der Waals surface area contributed by atoms with Crippen molar-refractivity contribution in [1.82, 2.24) is 9.47 Å². The zero-order chi connectivity index (χ0) is 27.1. The topological polar surface area (TPSA) is 59.4 Å². The van der Waals surface area contributed by atoms with Gasteiger partial charge in [0.15, 0.2) is 5.78 Å². The summed E-state index contributed by atoms with van der Waals surface area (Å²) in [5.41, 5.74) is -0.228. The van der Waals surface area contributed by atoms with Crippen LogP contribution < -0.4 is 0 Å². The second kappa shape index (κ2) is 10.5. The van der Waals surface area contributed by atoms with Crippen LogP contribution in [-0.2, 0) is 22.6 Å². The van der Waals surface area contributed by atoms with Gasteiger partial charge in [-0.3, -0.25) is 14.4 Å². The first-order chi connectivity index (χ1) is 17.4. The van der Waals surface area contributed by atoms with Crippen LogP contribution in [0, 0.1) is 5.82 Å². The molecule has 1 amide bonds. The van der Waals surface area contributed by atoms with Gasteiger partial charge in [0.05, 0.1) is 28.7 Å². The fourth-order valence-electron chi connectivity index (χ4n) is 4.50. The lowest BCUT2D eigenvalue weighted by Gasteiger charge is -2.24. The van der Waals surface area contributed by atoms with Crippen LogP contribution >= 0.6 is 27.5 Å². The van der Waals surface area contributed by atoms with E-state index >= 15 is 0 Å². The molecule has 1 aromatic heterocycles. The number of nitrogens with zero attached hydrogens (tertiary/aromatic N) is 2. The maximum atomic E-state index is 14.3. The number of ketones is 2. The standard InChI is InChI=1S/C25H19BrClF5N2O3/c26-14-5-6-16-17(24(37)25(30,31)32)11-33(19(16)8-14)12-22(36)34-10-15(28)9-20(34)21(35)7-4-13-2-1-3-18(27)23(13)29/h1-3,5-6,8,11,15,20H,4,7,9-10,12H2/t15-,20+/m1/s1. The number of alkyl halides is 4. The SMILES string of the molecule is O=C(CCc1cccc(Cl)c1F)[C@@H]1C[C@@H](F)CN1C(=O)Cn1cc(C(=O)C(F)(F)F)c2ccc(Br)cc21. The Morgan fingerprint density at radius 3 is 2.57 bits per heavy atom. The van der Waals surface area contributed by atoms with Crippen LogP contribution in [0.2, 0.25) is 5.02 Å². The second-order valence-electron chi connectivity index (χ2n) is 8.73. The Hall–Kier alpha value is -2.79. The number of hydrogen-bond acceptors (Lipinski definition) is 3. The number of aryl methyl sites for hydroxylation is 1. The number of Topliss-reactive ketones (excluding diaryl/α,β-unsaturated/α-hetero) is 2. The number of carbonyl (C=O) groups excluding carboxylic acids is 3. The zero-order valence-corrected chi connectivity index (χ0v) is 21.3. The van der Waals surface area contributed by atoms with Crippen molar-refractivity contribution in [3.05, 3.63) is 69.0 Å². The normalized spacial score (nSPS) is 18.0. The minimum atomic E-state index is -5.12. The number of carbonyl (C=O) groups is 3. The van der Waals surface area contributed by atoms with Gasteiger partial charge in [0.1, 0.15) is 18.5 Å². The maximum Gasteiger partial charge on any atom is 0.454 e. The predicted molar refractivity (Wildman–Crippen MR) is 130 cm³/mol. The summed E-state index contributed by atoms with van der Waals surface area (Å²) < 4.78 is 69.5. The van der Waals surface area contributed by atoms with Gasteiger partial charge in [0, 0.05) is 28.9 Å². The summed E-state index contributed by atoms with van der Waals surface area (Å²) in [6.07, 6.45) is -6.06. The molecule has 37 heavy (non-hydrogen) atoms. The van der Waals surface area contributed by atoms with Crippen LogP contribution in [0.3, 0.4) is 0 Å². The minimum Gasteiger partial charge on any atom is -0.337 e. The molecule has 2 heterocycles. The predicted octanol–water partition coefficient (Wildman–Crippen LogP) is 6.08. The lowest BCUT2D eigenvalue weighted by molar-refractivity contribution is -0.138. The highest BCUT2D eigenvalue weighted by atomic mass is 79.9. The average molecular weight is 606 g/mol. The first-order valence-electron chi connectivity index (χ1n) is 11.2. The van der Waals surface area contributed by atoms with Crippen molar-refractivity contribution in [2.24, 2.45) is 0 Å². The van der Waals surface area contributed by atoms with Gasteiger partial charge in [-0.25, -0.2) is 8.78 Å². The summed E-state index contributed by atoms with van der Waals surface area (Å²) >= 11 is 8.99. The van der Waals surface area contributed by atoms with Crippen molar-refractivity contribution in [2.45, 2.75) is 44.2 Å². The third kappa shape index (κ3) is 5.72. The van der Waals surface area contributed by atoms with E-state index in [0.29, 0.717) is 4.47 Å². The molecule has 1 fully saturated rings. The van der Waals surface area contributed by atoms with Crippen molar-refractivity contribution < 1.29 is 36.3 Å². The summed E-state index contributed by atoms with van der Waals surface area (Å²) in [7, 11) is 0. The molecule has 0 spiro atoms. The molecule has 2 aromatic carbocycles. The first kappa shape index (κ1) is 27.3. The molecule has 3 aromatic rings. The van der Waals surface area contributed by atoms with E-state index in [-0.39, 0.29) is 47.3 Å². The minimum absolute atomic E-state index is 0.000111. The van der Waals surface area contributed by atoms with E-state index in [2.05, 4.69) is 15.9 Å². The monoisotopic (exact) mass is 604 g/mol. The van der Waals surface area contributed by atoms with Gasteiger partial charge < -0.3 is 9.47 Å². The maximum absolute atomic E-state index is 14.3. The quantitative estimate of drug-likeness (QED) is 0.242. The number of halogens is 7. The summed E-state index contributed by atoms with van der Waals surface area (Å²) in [6, 6.07) is 7.52. The van der Waals surface area contributed by atoms with Crippen molar-refractivity contribution >= 4 is 55.9 Å². The Kier molecular flexibility index (Phi) is 7.75. The molecule has 12 heteroatoms. The molecular weight excluding hydrogens is 587 g/mol. The van der Waals surface area contributed by atoms with Gasteiger partial charge >= 0.3 is 6.18 Å². The van der Waals surface area contributed by atoms with Crippen molar-refractivity contribution in [2.75, 3.05) is 6.54 Å². The third-order valence-electron chi connectivity index (χ3n) is 6.27. The molecule has 2 atom stereocenters. The lowest BCUT2D eigenvalue weighted by atomic mass is 10.0. The molecule has 1 aliphatic rings. The Morgan fingerprint density at radius 2 is 1.86 bits per heavy atom. The van der Waals surface area contributed by atoms with E-state index in [1.54, 1.807) is 0 Å². The van der Waals surface area contributed by atoms with E-state index in [1.165, 1.54) is 41.0 Å². The van der Waals surface area contributed by atoms with E-state index in [4.69, 9.17) is 11.6 Å². The fraction of sp³-hybridized carbons (Fsp3) is 0.320. The van der Waals surface area contributed by atoms with Gasteiger partial charge in [-0.1, -0.05) is 45.7 Å². The average Bonchev–Trinajstić information content (AvgIpc) is 3.39. The van der Waals surface area contributed by atoms with Gasteiger partial charge in [0.2, 0.25) is 5.91 Å². The Labute approximate surface area is 221 Å². The number of likely N-dealkylation sites (tertiary alicyclic amines) is 1. The van der Waals surface area contributed by atoms with Crippen molar-refractivity contribution in [3.63, 3.8) is 0 Å². The number of benzene rings is 2. The molecule has 4 rings (SSSR count). The largest absolute Gasteiger partial charge is 0.454 e. The highest BCUT2D eigenvalue weighted by Gasteiger charge is 2.42. The van der Waals surface area contributed by atoms with Crippen molar-refractivity contribution in [3.8, 4) is 0 Å². The van der Waals surface area contributed by atoms with E-state index in [9.17, 15) is 36.3 Å². The highest BCUT2D eigenvalue weighted by Crippen LogP contribution is 2.31. The van der Waals surface area contributed by atoms with Crippen LogP contribution in [0.25, 0.3) is 10.9 Å². The van der Waals surface area contributed by atoms with Gasteiger partial charge in [-0.15, -0.1) is 0 Å². The van der Waals surface area contributed by atoms with Crippen LogP contribution in [-0.4, -0.2) is 51.9 Å². The summed E-state index contributed by atoms with van der Waals surface area (Å²) in [5.74, 6) is -3.89. The van der Waals surface area contributed by atoms with Crippen LogP contribution in [0.4, 0.5) is 22.0 Å². The summed E-state index contributed by atoms with van der Waals surface area (Å²) in [4.78, 5) is 39.0. The van der Waals surface area contributed by atoms with E-state index < -0.39 is 53.8 Å². The smallest absolute Gasteiger partial charge is 0.337 e. The number of fused-ring (bicyclic) bond motifs is 1. The number of rotatable bonds is 7. The Bertz CT molecular complexity index is 1390. The van der Waals surface area contributed by atoms with Gasteiger partial charge in [-0.05, 0) is 30.2 Å². The molecule has 5 nitrogen and oxygen atoms in total. The van der Waals surface area contributed by atoms with Crippen LogP contribution in [0.1, 0.15) is 28.8 Å². The molecule has 0 unspecified atom stereocenters. The number of hydrogen-bond donors (Lipinski definition) is 0. The number of amides is 1. The van der Waals surface area contributed by atoms with Gasteiger partial charge in [-0.2, -0.15) is 13.2 Å². The summed E-state index contributed by atoms with van der Waals surface area (Å²) in [6.45, 7) is -0.879. The van der Waals surface area contributed by atoms with Crippen LogP contribution in [0.5, 0.6) is 0 Å². The van der Waals surface area contributed by atoms with E-state index in [1.807, 2.05) is 0 Å². The highest BCUT2D eigenvalue weighted by molar-refractivity contribution is 9.10. The zero-order valence-electron chi connectivity index (χ0n) is 19.0. The second-order valence-corrected chi connectivity index (χ2v) is 10.1. The van der Waals surface area contributed by atoms with Gasteiger partial charge in [0.25, 0.3) is 5.78 Å². The lowest BCUT2D eigenvalue weighted by Crippen LogP contribution is -2.42.